The van der Waals surface area contributed by atoms with Crippen LogP contribution >= 0.6 is 12.1 Å². The highest BCUT2D eigenvalue weighted by Gasteiger charge is 2.44. The zero-order valence-corrected chi connectivity index (χ0v) is 19.6. The highest BCUT2D eigenvalue weighted by molar-refractivity contribution is 8.19. The molecule has 1 unspecified atom stereocenters. The number of hydrogen-bond donors (Lipinski definition) is 1. The quantitative estimate of drug-likeness (QED) is 0.449. The van der Waals surface area contributed by atoms with Gasteiger partial charge in [-0.2, -0.15) is 12.1 Å². The first-order valence-electron chi connectivity index (χ1n) is 8.55. The van der Waals surface area contributed by atoms with E-state index in [2.05, 4.69) is 69.2 Å². The van der Waals surface area contributed by atoms with E-state index in [1.54, 1.807) is 0 Å². The van der Waals surface area contributed by atoms with Gasteiger partial charge in [0.25, 0.3) is 0 Å². The molecule has 0 spiro atoms. The Bertz CT molecular complexity index is 321. The molecule has 0 aromatic rings. The van der Waals surface area contributed by atoms with Crippen LogP contribution < -0.4 is 0 Å². The average Bonchev–Trinajstić information content (AvgIpc) is 2.09. The van der Waals surface area contributed by atoms with Gasteiger partial charge in [-0.05, 0) is 42.7 Å². The van der Waals surface area contributed by atoms with Gasteiger partial charge in [-0.15, -0.1) is 0 Å². The van der Waals surface area contributed by atoms with Gasteiger partial charge in [-0.25, -0.2) is 0 Å². The van der Waals surface area contributed by atoms with Gasteiger partial charge in [-0.1, -0.05) is 61.8 Å². The average molecular weight is 349 g/mol. The Kier molecular flexibility index (Phi) is 7.81. The van der Waals surface area contributed by atoms with Crippen molar-refractivity contribution in [1.82, 2.24) is 0 Å². The molecular formula is C17H40OSSi2. The standard InChI is InChI=1S/C17H40OSSi2/c1-11-12-16(7,8)18-21(19,13-15(4,5)6)20-17(9,10)14(2)3/h14,19H,11-13,20H2,1-10H3. The molecule has 0 heterocycles. The first kappa shape index (κ1) is 21.7. The Hall–Kier alpha value is 0.744. The zero-order valence-electron chi connectivity index (χ0n) is 16.3. The summed E-state index contributed by atoms with van der Waals surface area (Å²) in [5.74, 6) is 0.709. The molecule has 21 heavy (non-hydrogen) atoms. The zero-order chi connectivity index (χ0) is 17.1. The highest BCUT2D eigenvalue weighted by Crippen LogP contribution is 2.42. The fraction of sp³-hybridized carbons (Fsp3) is 1.00. The maximum Gasteiger partial charge on any atom is 0.229 e. The summed E-state index contributed by atoms with van der Waals surface area (Å²) < 4.78 is 6.79. The number of thiol groups is 1. The van der Waals surface area contributed by atoms with E-state index in [1.165, 1.54) is 12.5 Å². The summed E-state index contributed by atoms with van der Waals surface area (Å²) in [5.41, 5.74) is 0.282. The molecule has 0 bridgehead atoms. The van der Waals surface area contributed by atoms with Crippen molar-refractivity contribution in [1.29, 1.82) is 0 Å². The molecule has 0 saturated carbocycles. The second-order valence-electron chi connectivity index (χ2n) is 9.62. The van der Waals surface area contributed by atoms with Crippen molar-refractivity contribution >= 4 is 28.1 Å². The van der Waals surface area contributed by atoms with E-state index in [-0.39, 0.29) is 14.6 Å². The van der Waals surface area contributed by atoms with E-state index >= 15 is 0 Å². The summed E-state index contributed by atoms with van der Waals surface area (Å²) in [5, 5.41) is 0.418. The molecule has 0 aliphatic carbocycles. The topological polar surface area (TPSA) is 9.23 Å². The third-order valence-corrected chi connectivity index (χ3v) is 17.0. The van der Waals surface area contributed by atoms with Crippen molar-refractivity contribution < 1.29 is 4.43 Å². The van der Waals surface area contributed by atoms with Crippen LogP contribution in [0.3, 0.4) is 0 Å². The van der Waals surface area contributed by atoms with Crippen molar-refractivity contribution in [3.05, 3.63) is 0 Å². The minimum atomic E-state index is -1.92. The summed E-state index contributed by atoms with van der Waals surface area (Å²) in [6.45, 7) is 21.4. The van der Waals surface area contributed by atoms with Crippen LogP contribution in [0.25, 0.3) is 0 Å². The van der Waals surface area contributed by atoms with Crippen LogP contribution in [0, 0.1) is 11.3 Å². The van der Waals surface area contributed by atoms with Crippen molar-refractivity contribution in [2.45, 2.75) is 98.8 Å². The minimum Gasteiger partial charge on any atom is -0.406 e. The van der Waals surface area contributed by atoms with E-state index in [0.717, 1.165) is 6.42 Å². The molecule has 0 radical (unpaired) electrons. The van der Waals surface area contributed by atoms with E-state index < -0.39 is 6.98 Å². The lowest BCUT2D eigenvalue weighted by atomic mass is 9.99. The number of hydrogen-bond acceptors (Lipinski definition) is 2. The monoisotopic (exact) mass is 348 g/mol. The second kappa shape index (κ2) is 7.54. The van der Waals surface area contributed by atoms with Crippen LogP contribution in [-0.2, 0) is 4.43 Å². The maximum atomic E-state index is 6.79. The lowest BCUT2D eigenvalue weighted by Crippen LogP contribution is -2.52. The molecule has 0 saturated heterocycles. The Morgan fingerprint density at radius 3 is 1.86 bits per heavy atom. The van der Waals surface area contributed by atoms with E-state index in [4.69, 9.17) is 16.5 Å². The van der Waals surface area contributed by atoms with Gasteiger partial charge in [0, 0.05) is 0 Å². The predicted octanol–water partition coefficient (Wildman–Crippen LogP) is 5.52. The first-order valence-corrected chi connectivity index (χ1v) is 15.0. The molecule has 0 aliphatic heterocycles. The summed E-state index contributed by atoms with van der Waals surface area (Å²) in [6.07, 6.45) is 2.30. The fourth-order valence-electron chi connectivity index (χ4n) is 3.05. The molecule has 0 aromatic carbocycles. The Balaban J connectivity index is 5.29. The Labute approximate surface area is 142 Å². The van der Waals surface area contributed by atoms with E-state index in [0.29, 0.717) is 16.4 Å². The smallest absolute Gasteiger partial charge is 0.229 e. The lowest BCUT2D eigenvalue weighted by Gasteiger charge is -2.44. The Morgan fingerprint density at radius 1 is 1.05 bits per heavy atom. The maximum absolute atomic E-state index is 6.79. The third kappa shape index (κ3) is 8.82. The van der Waals surface area contributed by atoms with Crippen LogP contribution in [0.4, 0.5) is 0 Å². The van der Waals surface area contributed by atoms with Crippen LogP contribution in [0.1, 0.15) is 82.1 Å². The number of rotatable bonds is 8. The van der Waals surface area contributed by atoms with Gasteiger partial charge < -0.3 is 4.43 Å². The van der Waals surface area contributed by atoms with Gasteiger partial charge in [0.05, 0.1) is 14.6 Å². The molecule has 0 N–H and O–H groups in total. The van der Waals surface area contributed by atoms with Gasteiger partial charge >= 0.3 is 0 Å². The predicted molar refractivity (Wildman–Crippen MR) is 106 cm³/mol. The molecule has 0 rings (SSSR count). The van der Waals surface area contributed by atoms with Crippen LogP contribution in [0.2, 0.25) is 11.1 Å². The summed E-state index contributed by atoms with van der Waals surface area (Å²) >= 11 is 5.26. The summed E-state index contributed by atoms with van der Waals surface area (Å²) in [7, 11) is -0.386. The lowest BCUT2D eigenvalue weighted by molar-refractivity contribution is 0.0953. The minimum absolute atomic E-state index is 0.0198. The SMILES string of the molecule is CCCC(C)(C)O[Si](S)(CC(C)(C)C)[SiH2]C(C)(C)C(C)C. The molecular weight excluding hydrogens is 308 g/mol. The highest BCUT2D eigenvalue weighted by atomic mass is 32.3. The third-order valence-electron chi connectivity index (χ3n) is 4.42. The molecule has 0 aliphatic rings. The first-order chi connectivity index (χ1) is 9.13. The van der Waals surface area contributed by atoms with Crippen LogP contribution in [-0.4, -0.2) is 21.6 Å². The molecule has 1 atom stereocenters. The second-order valence-corrected chi connectivity index (χ2v) is 23.0. The molecule has 0 amide bonds. The molecule has 4 heteroatoms. The van der Waals surface area contributed by atoms with Gasteiger partial charge in [0.2, 0.25) is 6.98 Å². The van der Waals surface area contributed by atoms with Crippen molar-refractivity contribution in [2.75, 3.05) is 0 Å². The van der Waals surface area contributed by atoms with Crippen LogP contribution in [0.5, 0.6) is 0 Å². The van der Waals surface area contributed by atoms with Crippen molar-refractivity contribution in [3.8, 4) is 0 Å². The van der Waals surface area contributed by atoms with Crippen LogP contribution in [0.15, 0.2) is 0 Å². The van der Waals surface area contributed by atoms with Crippen molar-refractivity contribution in [3.63, 3.8) is 0 Å². The van der Waals surface area contributed by atoms with Crippen molar-refractivity contribution in [2.24, 2.45) is 11.3 Å². The van der Waals surface area contributed by atoms with Gasteiger partial charge in [0.15, 0.2) is 0 Å². The van der Waals surface area contributed by atoms with Gasteiger partial charge in [-0.3, -0.25) is 0 Å². The summed E-state index contributed by atoms with van der Waals surface area (Å²) in [6, 6.07) is 1.17. The molecule has 1 nitrogen and oxygen atoms in total. The normalized spacial score (nSPS) is 17.7. The van der Waals surface area contributed by atoms with E-state index in [9.17, 15) is 0 Å². The van der Waals surface area contributed by atoms with Gasteiger partial charge in [0.1, 0.15) is 0 Å². The Morgan fingerprint density at radius 2 is 1.52 bits per heavy atom. The largest absolute Gasteiger partial charge is 0.406 e. The molecule has 0 fully saturated rings. The summed E-state index contributed by atoms with van der Waals surface area (Å²) in [4.78, 5) is 0. The molecule has 128 valence electrons. The van der Waals surface area contributed by atoms with E-state index in [1.807, 2.05) is 0 Å². The fourth-order valence-corrected chi connectivity index (χ4v) is 23.3. The molecule has 0 aromatic heterocycles.